The van der Waals surface area contributed by atoms with Crippen molar-refractivity contribution < 1.29 is 19.1 Å². The molecule has 0 fully saturated rings. The molecule has 0 aliphatic carbocycles. The number of carbonyl (C=O) groups is 2. The fraction of sp³-hybridized carbons (Fsp3) is 0.381. The molecule has 0 atom stereocenters. The van der Waals surface area contributed by atoms with Crippen LogP contribution in [0.5, 0.6) is 11.5 Å². The molecule has 0 saturated carbocycles. The van der Waals surface area contributed by atoms with Crippen LogP contribution in [0.15, 0.2) is 42.7 Å². The lowest BCUT2D eigenvalue weighted by atomic mass is 10.1. The Hall–Kier alpha value is -3.09. The zero-order valence-corrected chi connectivity index (χ0v) is 16.3. The van der Waals surface area contributed by atoms with Crippen LogP contribution in [0.4, 0.5) is 0 Å². The second-order valence-electron chi connectivity index (χ2n) is 6.80. The summed E-state index contributed by atoms with van der Waals surface area (Å²) in [6.45, 7) is 3.17. The normalized spacial score (nSPS) is 11.9. The Bertz CT molecular complexity index is 826. The van der Waals surface area contributed by atoms with Gasteiger partial charge in [0.15, 0.2) is 11.5 Å². The Morgan fingerprint density at radius 3 is 2.54 bits per heavy atom. The molecule has 1 aromatic heterocycles. The molecule has 148 valence electrons. The standard InChI is InChI=1S/C21H25N3O4/c1-16(25)24(14-18-3-4-19-20(13-18)28-15-27-19)12-8-21(26)23(2)11-7-17-5-9-22-10-6-17/h3-6,9-10,13H,7-8,11-12,14-15H2,1-2H3. The molecule has 0 unspecified atom stereocenters. The molecule has 2 aromatic rings. The highest BCUT2D eigenvalue weighted by molar-refractivity contribution is 5.78. The first-order valence-corrected chi connectivity index (χ1v) is 9.30. The van der Waals surface area contributed by atoms with Gasteiger partial charge in [-0.25, -0.2) is 0 Å². The van der Waals surface area contributed by atoms with E-state index in [0.29, 0.717) is 31.1 Å². The van der Waals surface area contributed by atoms with Crippen molar-refractivity contribution >= 4 is 11.8 Å². The SMILES string of the molecule is CC(=O)N(CCC(=O)N(C)CCc1ccncc1)Cc1ccc2c(c1)OCO2. The summed E-state index contributed by atoms with van der Waals surface area (Å²) in [5.74, 6) is 1.35. The van der Waals surface area contributed by atoms with Gasteiger partial charge in [-0.05, 0) is 41.8 Å². The molecular formula is C21H25N3O4. The molecule has 0 radical (unpaired) electrons. The number of hydrogen-bond donors (Lipinski definition) is 0. The molecule has 0 saturated heterocycles. The Morgan fingerprint density at radius 2 is 1.79 bits per heavy atom. The first-order chi connectivity index (χ1) is 13.5. The van der Waals surface area contributed by atoms with Gasteiger partial charge >= 0.3 is 0 Å². The van der Waals surface area contributed by atoms with Gasteiger partial charge in [0.05, 0.1) is 0 Å². The molecule has 2 amide bonds. The van der Waals surface area contributed by atoms with E-state index in [2.05, 4.69) is 4.98 Å². The van der Waals surface area contributed by atoms with Crippen LogP contribution < -0.4 is 9.47 Å². The Kier molecular flexibility index (Phi) is 6.47. The van der Waals surface area contributed by atoms with Gasteiger partial charge in [-0.15, -0.1) is 0 Å². The van der Waals surface area contributed by atoms with Gasteiger partial charge in [0.2, 0.25) is 18.6 Å². The molecule has 3 rings (SSSR count). The average Bonchev–Trinajstić information content (AvgIpc) is 3.17. The summed E-state index contributed by atoms with van der Waals surface area (Å²) in [5, 5.41) is 0. The molecule has 0 N–H and O–H groups in total. The number of hydrogen-bond acceptors (Lipinski definition) is 5. The summed E-state index contributed by atoms with van der Waals surface area (Å²) < 4.78 is 10.7. The summed E-state index contributed by atoms with van der Waals surface area (Å²) in [6.07, 6.45) is 4.56. The largest absolute Gasteiger partial charge is 0.454 e. The van der Waals surface area contributed by atoms with Gasteiger partial charge in [-0.2, -0.15) is 0 Å². The third-order valence-corrected chi connectivity index (χ3v) is 4.76. The molecule has 1 aromatic carbocycles. The van der Waals surface area contributed by atoms with Gasteiger partial charge in [0, 0.05) is 52.4 Å². The maximum atomic E-state index is 12.4. The van der Waals surface area contributed by atoms with E-state index < -0.39 is 0 Å². The van der Waals surface area contributed by atoms with Crippen LogP contribution >= 0.6 is 0 Å². The van der Waals surface area contributed by atoms with Crippen molar-refractivity contribution in [2.24, 2.45) is 0 Å². The number of rotatable bonds is 8. The van der Waals surface area contributed by atoms with E-state index in [-0.39, 0.29) is 25.0 Å². The molecule has 28 heavy (non-hydrogen) atoms. The molecule has 1 aliphatic heterocycles. The van der Waals surface area contributed by atoms with E-state index in [1.807, 2.05) is 30.3 Å². The number of carbonyl (C=O) groups excluding carboxylic acids is 2. The predicted octanol–water partition coefficient (Wildman–Crippen LogP) is 2.25. The Labute approximate surface area is 164 Å². The molecule has 2 heterocycles. The minimum Gasteiger partial charge on any atom is -0.454 e. The average molecular weight is 383 g/mol. The van der Waals surface area contributed by atoms with Crippen molar-refractivity contribution in [2.75, 3.05) is 26.9 Å². The molecular weight excluding hydrogens is 358 g/mol. The Morgan fingerprint density at radius 1 is 1.04 bits per heavy atom. The lowest BCUT2D eigenvalue weighted by molar-refractivity contribution is -0.133. The highest BCUT2D eigenvalue weighted by Crippen LogP contribution is 2.32. The summed E-state index contributed by atoms with van der Waals surface area (Å²) in [6, 6.07) is 9.52. The first-order valence-electron chi connectivity index (χ1n) is 9.30. The van der Waals surface area contributed by atoms with Crippen molar-refractivity contribution in [2.45, 2.75) is 26.3 Å². The highest BCUT2D eigenvalue weighted by atomic mass is 16.7. The second-order valence-corrected chi connectivity index (χ2v) is 6.80. The molecule has 7 nitrogen and oxygen atoms in total. The second kappa shape index (κ2) is 9.21. The van der Waals surface area contributed by atoms with Crippen molar-refractivity contribution in [3.63, 3.8) is 0 Å². The van der Waals surface area contributed by atoms with E-state index in [0.717, 1.165) is 17.5 Å². The lowest BCUT2D eigenvalue weighted by Crippen LogP contribution is -2.35. The van der Waals surface area contributed by atoms with Crippen molar-refractivity contribution in [1.82, 2.24) is 14.8 Å². The van der Waals surface area contributed by atoms with Crippen LogP contribution in [-0.2, 0) is 22.6 Å². The number of benzene rings is 1. The van der Waals surface area contributed by atoms with Crippen LogP contribution in [-0.4, -0.2) is 53.5 Å². The van der Waals surface area contributed by atoms with E-state index in [4.69, 9.17) is 9.47 Å². The molecule has 1 aliphatic rings. The highest BCUT2D eigenvalue weighted by Gasteiger charge is 2.17. The number of ether oxygens (including phenoxy) is 2. The molecule has 0 spiro atoms. The van der Waals surface area contributed by atoms with Gasteiger partial charge in [0.25, 0.3) is 0 Å². The maximum Gasteiger partial charge on any atom is 0.231 e. The smallest absolute Gasteiger partial charge is 0.231 e. The number of likely N-dealkylation sites (N-methyl/N-ethyl adjacent to an activating group) is 1. The van der Waals surface area contributed by atoms with Gasteiger partial charge in [0.1, 0.15) is 0 Å². The topological polar surface area (TPSA) is 72.0 Å². The lowest BCUT2D eigenvalue weighted by Gasteiger charge is -2.23. The van der Waals surface area contributed by atoms with Crippen LogP contribution in [0.25, 0.3) is 0 Å². The quantitative estimate of drug-likeness (QED) is 0.699. The zero-order chi connectivity index (χ0) is 19.9. The van der Waals surface area contributed by atoms with E-state index >= 15 is 0 Å². The Balaban J connectivity index is 1.50. The predicted molar refractivity (Wildman–Crippen MR) is 104 cm³/mol. The third kappa shape index (κ3) is 5.22. The van der Waals surface area contributed by atoms with E-state index in [1.54, 1.807) is 29.2 Å². The molecule has 0 bridgehead atoms. The summed E-state index contributed by atoms with van der Waals surface area (Å²) in [7, 11) is 1.79. The van der Waals surface area contributed by atoms with Gasteiger partial charge < -0.3 is 19.3 Å². The number of nitrogens with zero attached hydrogens (tertiary/aromatic N) is 3. The van der Waals surface area contributed by atoms with Gasteiger partial charge in [-0.1, -0.05) is 6.07 Å². The van der Waals surface area contributed by atoms with Crippen LogP contribution in [0.2, 0.25) is 0 Å². The summed E-state index contributed by atoms with van der Waals surface area (Å²) in [5.41, 5.74) is 2.08. The van der Waals surface area contributed by atoms with E-state index in [1.165, 1.54) is 6.92 Å². The third-order valence-electron chi connectivity index (χ3n) is 4.76. The summed E-state index contributed by atoms with van der Waals surface area (Å²) in [4.78, 5) is 31.8. The number of fused-ring (bicyclic) bond motifs is 1. The van der Waals surface area contributed by atoms with Crippen LogP contribution in [0, 0.1) is 0 Å². The minimum atomic E-state index is -0.0649. The van der Waals surface area contributed by atoms with Gasteiger partial charge in [-0.3, -0.25) is 14.6 Å². The number of aromatic nitrogens is 1. The number of pyridine rings is 1. The summed E-state index contributed by atoms with van der Waals surface area (Å²) >= 11 is 0. The maximum absolute atomic E-state index is 12.4. The zero-order valence-electron chi connectivity index (χ0n) is 16.3. The van der Waals surface area contributed by atoms with Crippen LogP contribution in [0.1, 0.15) is 24.5 Å². The van der Waals surface area contributed by atoms with Crippen molar-refractivity contribution in [3.05, 3.63) is 53.9 Å². The van der Waals surface area contributed by atoms with Crippen LogP contribution in [0.3, 0.4) is 0 Å². The van der Waals surface area contributed by atoms with Crippen molar-refractivity contribution in [1.29, 1.82) is 0 Å². The monoisotopic (exact) mass is 383 g/mol. The fourth-order valence-corrected chi connectivity index (χ4v) is 3.00. The van der Waals surface area contributed by atoms with E-state index in [9.17, 15) is 9.59 Å². The first kappa shape index (κ1) is 19.7. The minimum absolute atomic E-state index is 0.0194. The van der Waals surface area contributed by atoms with Crippen molar-refractivity contribution in [3.8, 4) is 11.5 Å². The fourth-order valence-electron chi connectivity index (χ4n) is 3.00. The number of amides is 2. The molecule has 7 heteroatoms.